The fourth-order valence-electron chi connectivity index (χ4n) is 2.60. The molecule has 2 aliphatic heterocycles. The molecule has 100 valence electrons. The maximum Gasteiger partial charge on any atom is 0.246 e. The number of hydrogen-bond donors (Lipinski definition) is 3. The van der Waals surface area contributed by atoms with Gasteiger partial charge in [-0.15, -0.1) is 0 Å². The lowest BCUT2D eigenvalue weighted by molar-refractivity contribution is -0.122. The Morgan fingerprint density at radius 2 is 2.16 bits per heavy atom. The molecule has 2 aliphatic rings. The molecule has 1 aromatic rings. The van der Waals surface area contributed by atoms with Gasteiger partial charge in [-0.05, 0) is 42.6 Å². The van der Waals surface area contributed by atoms with Crippen LogP contribution in [-0.4, -0.2) is 24.4 Å². The van der Waals surface area contributed by atoms with Crippen molar-refractivity contribution < 1.29 is 9.59 Å². The lowest BCUT2D eigenvalue weighted by Crippen LogP contribution is -2.37. The van der Waals surface area contributed by atoms with E-state index in [2.05, 4.69) is 22.0 Å². The summed E-state index contributed by atoms with van der Waals surface area (Å²) in [6.07, 6.45) is 2.05. The monoisotopic (exact) mass is 259 g/mol. The Balaban J connectivity index is 1.69. The first-order valence-electron chi connectivity index (χ1n) is 6.65. The van der Waals surface area contributed by atoms with E-state index in [-0.39, 0.29) is 17.9 Å². The summed E-state index contributed by atoms with van der Waals surface area (Å²) in [4.78, 5) is 23.1. The number of benzene rings is 1. The second-order valence-electron chi connectivity index (χ2n) is 5.06. The Hall–Kier alpha value is -1.88. The van der Waals surface area contributed by atoms with Crippen molar-refractivity contribution in [3.8, 4) is 0 Å². The van der Waals surface area contributed by atoms with Crippen LogP contribution < -0.4 is 16.0 Å². The van der Waals surface area contributed by atoms with Crippen molar-refractivity contribution in [3.63, 3.8) is 0 Å². The van der Waals surface area contributed by atoms with Crippen LogP contribution in [-0.2, 0) is 22.6 Å². The minimum atomic E-state index is -0.387. The number of nitrogens with one attached hydrogen (secondary N) is 3. The molecule has 3 rings (SSSR count). The van der Waals surface area contributed by atoms with Crippen molar-refractivity contribution in [3.05, 3.63) is 29.3 Å². The minimum absolute atomic E-state index is 0.0465. The first-order chi connectivity index (χ1) is 9.22. The van der Waals surface area contributed by atoms with Crippen LogP contribution in [0, 0.1) is 0 Å². The van der Waals surface area contributed by atoms with E-state index in [1.165, 1.54) is 11.1 Å². The lowest BCUT2D eigenvalue weighted by Gasteiger charge is -2.18. The molecule has 0 spiro atoms. The molecule has 5 nitrogen and oxygen atoms in total. The van der Waals surface area contributed by atoms with Crippen molar-refractivity contribution in [1.29, 1.82) is 0 Å². The summed E-state index contributed by atoms with van der Waals surface area (Å²) in [7, 11) is 0. The van der Waals surface area contributed by atoms with E-state index >= 15 is 0 Å². The Labute approximate surface area is 111 Å². The molecule has 2 amide bonds. The molecule has 3 N–H and O–H groups in total. The maximum atomic E-state index is 12.0. The first kappa shape index (κ1) is 12.2. The van der Waals surface area contributed by atoms with Gasteiger partial charge in [0.2, 0.25) is 11.8 Å². The Morgan fingerprint density at radius 3 is 2.95 bits per heavy atom. The molecule has 1 fully saturated rings. The molecule has 0 saturated carbocycles. The van der Waals surface area contributed by atoms with Gasteiger partial charge in [-0.1, -0.05) is 6.07 Å². The number of hydrogen-bond acceptors (Lipinski definition) is 3. The summed E-state index contributed by atoms with van der Waals surface area (Å²) in [5.74, 6) is -0.177. The average molecular weight is 259 g/mol. The lowest BCUT2D eigenvalue weighted by atomic mass is 10.0. The summed E-state index contributed by atoms with van der Waals surface area (Å²) in [5, 5.41) is 8.86. The van der Waals surface area contributed by atoms with Gasteiger partial charge in [0.05, 0.1) is 0 Å². The third-order valence-electron chi connectivity index (χ3n) is 3.67. The fraction of sp³-hybridized carbons (Fsp3) is 0.429. The van der Waals surface area contributed by atoms with Crippen LogP contribution in [0.4, 0.5) is 5.69 Å². The number of carbonyl (C=O) groups is 2. The van der Waals surface area contributed by atoms with Crippen LogP contribution in [0.5, 0.6) is 0 Å². The number of fused-ring (bicyclic) bond motifs is 1. The fourth-order valence-corrected chi connectivity index (χ4v) is 2.60. The van der Waals surface area contributed by atoms with E-state index < -0.39 is 0 Å². The molecule has 2 heterocycles. The zero-order valence-corrected chi connectivity index (χ0v) is 10.7. The molecule has 19 heavy (non-hydrogen) atoms. The maximum absolute atomic E-state index is 12.0. The van der Waals surface area contributed by atoms with Crippen molar-refractivity contribution in [2.75, 3.05) is 11.9 Å². The van der Waals surface area contributed by atoms with E-state index in [1.807, 2.05) is 12.1 Å². The Morgan fingerprint density at radius 1 is 1.26 bits per heavy atom. The van der Waals surface area contributed by atoms with Gasteiger partial charge in [-0.2, -0.15) is 0 Å². The van der Waals surface area contributed by atoms with Crippen molar-refractivity contribution in [2.24, 2.45) is 0 Å². The molecule has 0 aliphatic carbocycles. The van der Waals surface area contributed by atoms with Gasteiger partial charge < -0.3 is 16.0 Å². The molecule has 0 aromatic heterocycles. The highest BCUT2D eigenvalue weighted by molar-refractivity contribution is 5.99. The minimum Gasteiger partial charge on any atom is -0.344 e. The molecule has 1 saturated heterocycles. The van der Waals surface area contributed by atoms with Crippen molar-refractivity contribution >= 4 is 17.5 Å². The van der Waals surface area contributed by atoms with Crippen molar-refractivity contribution in [2.45, 2.75) is 31.8 Å². The standard InChI is InChI=1S/C14H17N3O2/c18-13-4-3-12(17-13)14(19)16-11-2-1-9-5-6-15-8-10(9)7-11/h1-2,7,12,15H,3-6,8H2,(H,16,19)(H,17,18)/t12-/m0/s1. The highest BCUT2D eigenvalue weighted by Gasteiger charge is 2.27. The van der Waals surface area contributed by atoms with Crippen LogP contribution in [0.2, 0.25) is 0 Å². The van der Waals surface area contributed by atoms with Gasteiger partial charge in [0.1, 0.15) is 6.04 Å². The van der Waals surface area contributed by atoms with E-state index in [4.69, 9.17) is 0 Å². The first-order valence-corrected chi connectivity index (χ1v) is 6.65. The third-order valence-corrected chi connectivity index (χ3v) is 3.67. The van der Waals surface area contributed by atoms with Crippen LogP contribution in [0.1, 0.15) is 24.0 Å². The molecule has 0 bridgehead atoms. The van der Waals surface area contributed by atoms with E-state index in [9.17, 15) is 9.59 Å². The Kier molecular flexibility index (Phi) is 3.21. The van der Waals surface area contributed by atoms with E-state index in [0.717, 1.165) is 25.2 Å². The molecule has 0 unspecified atom stereocenters. The summed E-state index contributed by atoms with van der Waals surface area (Å²) >= 11 is 0. The molecular weight excluding hydrogens is 242 g/mol. The summed E-state index contributed by atoms with van der Waals surface area (Å²) in [6.45, 7) is 1.85. The molecule has 5 heteroatoms. The summed E-state index contributed by atoms with van der Waals surface area (Å²) in [6, 6.07) is 5.62. The van der Waals surface area contributed by atoms with E-state index in [1.54, 1.807) is 0 Å². The predicted octanol–water partition coefficient (Wildman–Crippen LogP) is 0.549. The van der Waals surface area contributed by atoms with Gasteiger partial charge in [0.25, 0.3) is 0 Å². The van der Waals surface area contributed by atoms with Crippen LogP contribution in [0.15, 0.2) is 18.2 Å². The van der Waals surface area contributed by atoms with Gasteiger partial charge in [-0.25, -0.2) is 0 Å². The SMILES string of the molecule is O=C1CC[C@@H](C(=O)Nc2ccc3c(c2)CNCC3)N1. The van der Waals surface area contributed by atoms with Crippen LogP contribution >= 0.6 is 0 Å². The second-order valence-corrected chi connectivity index (χ2v) is 5.06. The largest absolute Gasteiger partial charge is 0.344 e. The predicted molar refractivity (Wildman–Crippen MR) is 71.6 cm³/mol. The number of rotatable bonds is 2. The van der Waals surface area contributed by atoms with Crippen molar-refractivity contribution in [1.82, 2.24) is 10.6 Å². The summed E-state index contributed by atoms with van der Waals surface area (Å²) in [5.41, 5.74) is 3.37. The number of carbonyl (C=O) groups excluding carboxylic acids is 2. The summed E-state index contributed by atoms with van der Waals surface area (Å²) < 4.78 is 0. The Bertz CT molecular complexity index is 527. The third kappa shape index (κ3) is 2.61. The molecule has 0 radical (unpaired) electrons. The normalized spacial score (nSPS) is 21.7. The zero-order chi connectivity index (χ0) is 13.2. The smallest absolute Gasteiger partial charge is 0.246 e. The highest BCUT2D eigenvalue weighted by atomic mass is 16.2. The molecule has 1 aromatic carbocycles. The molecule has 1 atom stereocenters. The van der Waals surface area contributed by atoms with Crippen LogP contribution in [0.25, 0.3) is 0 Å². The second kappa shape index (κ2) is 5.01. The number of anilines is 1. The van der Waals surface area contributed by atoms with E-state index in [0.29, 0.717) is 12.8 Å². The topological polar surface area (TPSA) is 70.2 Å². The zero-order valence-electron chi connectivity index (χ0n) is 10.7. The number of amides is 2. The van der Waals surface area contributed by atoms with Gasteiger partial charge in [0, 0.05) is 18.7 Å². The van der Waals surface area contributed by atoms with Gasteiger partial charge >= 0.3 is 0 Å². The quantitative estimate of drug-likeness (QED) is 0.726. The van der Waals surface area contributed by atoms with Crippen LogP contribution in [0.3, 0.4) is 0 Å². The molecular formula is C14H17N3O2. The highest BCUT2D eigenvalue weighted by Crippen LogP contribution is 2.19. The van der Waals surface area contributed by atoms with Gasteiger partial charge in [-0.3, -0.25) is 9.59 Å². The van der Waals surface area contributed by atoms with Gasteiger partial charge in [0.15, 0.2) is 0 Å². The average Bonchev–Trinajstić information content (AvgIpc) is 2.85.